The summed E-state index contributed by atoms with van der Waals surface area (Å²) in [5.74, 6) is 3.01. The van der Waals surface area contributed by atoms with Gasteiger partial charge in [0.2, 0.25) is 0 Å². The topological polar surface area (TPSA) is 17.1 Å². The van der Waals surface area contributed by atoms with Crippen LogP contribution in [0.3, 0.4) is 0 Å². The van der Waals surface area contributed by atoms with Crippen LogP contribution >= 0.6 is 11.6 Å². The van der Waals surface area contributed by atoms with Gasteiger partial charge in [0.25, 0.3) is 0 Å². The zero-order valence-corrected chi connectivity index (χ0v) is 9.92. The highest BCUT2D eigenvalue weighted by Gasteiger charge is 2.35. The van der Waals surface area contributed by atoms with Gasteiger partial charge in [-0.3, -0.25) is 4.79 Å². The molecule has 0 bridgehead atoms. The molecular formula is C14H13ClO. The number of carbonyl (C=O) groups is 1. The summed E-state index contributed by atoms with van der Waals surface area (Å²) >= 11 is 6.05. The van der Waals surface area contributed by atoms with Crippen molar-refractivity contribution in [3.8, 4) is 12.3 Å². The molecule has 2 atom stereocenters. The van der Waals surface area contributed by atoms with E-state index in [1.165, 1.54) is 0 Å². The van der Waals surface area contributed by atoms with E-state index in [2.05, 4.69) is 5.92 Å². The lowest BCUT2D eigenvalue weighted by Gasteiger charge is -2.14. The molecule has 0 radical (unpaired) electrons. The van der Waals surface area contributed by atoms with Gasteiger partial charge in [0.05, 0.1) is 5.02 Å². The average Bonchev–Trinajstić information content (AvgIpc) is 2.58. The average molecular weight is 233 g/mol. The number of hydrogen-bond acceptors (Lipinski definition) is 1. The molecule has 0 saturated heterocycles. The van der Waals surface area contributed by atoms with Crippen molar-refractivity contribution in [2.45, 2.75) is 19.8 Å². The number of terminal acetylenes is 1. The molecule has 2 heteroatoms. The molecule has 82 valence electrons. The Hall–Kier alpha value is -1.26. The summed E-state index contributed by atoms with van der Waals surface area (Å²) in [7, 11) is 0. The van der Waals surface area contributed by atoms with Crippen molar-refractivity contribution in [3.63, 3.8) is 0 Å². The fraction of sp³-hybridized carbons (Fsp3) is 0.357. The quantitative estimate of drug-likeness (QED) is 0.715. The summed E-state index contributed by atoms with van der Waals surface area (Å²) in [6.07, 6.45) is 6.71. The maximum Gasteiger partial charge on any atom is 0.168 e. The van der Waals surface area contributed by atoms with E-state index in [0.717, 1.165) is 12.0 Å². The number of carbonyl (C=O) groups excluding carboxylic acids is 1. The first-order valence-electron chi connectivity index (χ1n) is 5.40. The van der Waals surface area contributed by atoms with Crippen LogP contribution in [-0.4, -0.2) is 5.78 Å². The van der Waals surface area contributed by atoms with Gasteiger partial charge in [-0.2, -0.15) is 0 Å². The molecule has 0 aliphatic heterocycles. The zero-order valence-electron chi connectivity index (χ0n) is 9.16. The first kappa shape index (κ1) is 11.2. The zero-order chi connectivity index (χ0) is 11.7. The summed E-state index contributed by atoms with van der Waals surface area (Å²) < 4.78 is 0. The van der Waals surface area contributed by atoms with E-state index in [4.69, 9.17) is 18.0 Å². The Labute approximate surface area is 101 Å². The van der Waals surface area contributed by atoms with Crippen LogP contribution in [0.4, 0.5) is 0 Å². The molecule has 1 aromatic carbocycles. The summed E-state index contributed by atoms with van der Waals surface area (Å²) in [6, 6.07) is 5.64. The second-order valence-electron chi connectivity index (χ2n) is 4.33. The third kappa shape index (κ3) is 1.74. The molecule has 0 heterocycles. The maximum absolute atomic E-state index is 12.2. The molecule has 2 unspecified atom stereocenters. The number of ketones is 1. The van der Waals surface area contributed by atoms with Gasteiger partial charge in [0, 0.05) is 17.9 Å². The third-order valence-electron chi connectivity index (χ3n) is 3.25. The summed E-state index contributed by atoms with van der Waals surface area (Å²) in [6.45, 7) is 2.03. The molecule has 0 saturated carbocycles. The van der Waals surface area contributed by atoms with Crippen LogP contribution in [0.25, 0.3) is 0 Å². The normalized spacial score (nSPS) is 20.3. The Morgan fingerprint density at radius 1 is 1.62 bits per heavy atom. The predicted octanol–water partition coefficient (Wildman–Crippen LogP) is 3.35. The number of halogens is 1. The summed E-state index contributed by atoms with van der Waals surface area (Å²) in [5.41, 5.74) is 1.77. The minimum Gasteiger partial charge on any atom is -0.294 e. The fourth-order valence-electron chi connectivity index (χ4n) is 2.32. The van der Waals surface area contributed by atoms with Crippen LogP contribution in [0.15, 0.2) is 18.2 Å². The van der Waals surface area contributed by atoms with E-state index >= 15 is 0 Å². The van der Waals surface area contributed by atoms with Crippen LogP contribution in [0.5, 0.6) is 0 Å². The van der Waals surface area contributed by atoms with Gasteiger partial charge in [0.1, 0.15) is 0 Å². The Morgan fingerprint density at radius 2 is 2.38 bits per heavy atom. The van der Waals surface area contributed by atoms with Gasteiger partial charge in [-0.25, -0.2) is 0 Å². The van der Waals surface area contributed by atoms with Crippen molar-refractivity contribution in [1.29, 1.82) is 0 Å². The highest BCUT2D eigenvalue weighted by Crippen LogP contribution is 2.36. The van der Waals surface area contributed by atoms with Gasteiger partial charge in [-0.1, -0.05) is 30.7 Å². The number of fused-ring (bicyclic) bond motifs is 1. The molecule has 0 fully saturated rings. The van der Waals surface area contributed by atoms with Crippen LogP contribution in [0.2, 0.25) is 5.02 Å². The first-order chi connectivity index (χ1) is 7.65. The van der Waals surface area contributed by atoms with Crippen LogP contribution in [-0.2, 0) is 6.42 Å². The van der Waals surface area contributed by atoms with E-state index in [1.807, 2.05) is 19.1 Å². The molecule has 0 amide bonds. The standard InChI is InChI=1S/C14H13ClO/c1-3-5-9(2)11-8-10-6-4-7-12(15)13(10)14(11)16/h1,4,6-7,9,11H,5,8H2,2H3. The predicted molar refractivity (Wildman–Crippen MR) is 65.6 cm³/mol. The monoisotopic (exact) mass is 232 g/mol. The molecule has 0 N–H and O–H groups in total. The summed E-state index contributed by atoms with van der Waals surface area (Å²) in [5, 5.41) is 0.568. The SMILES string of the molecule is C#CCC(C)C1Cc2cccc(Cl)c2C1=O. The highest BCUT2D eigenvalue weighted by molar-refractivity contribution is 6.34. The first-order valence-corrected chi connectivity index (χ1v) is 5.78. The second-order valence-corrected chi connectivity index (χ2v) is 4.74. The van der Waals surface area contributed by atoms with Crippen molar-refractivity contribution in [3.05, 3.63) is 34.3 Å². The van der Waals surface area contributed by atoms with Crippen molar-refractivity contribution in [2.24, 2.45) is 11.8 Å². The van der Waals surface area contributed by atoms with Crippen LogP contribution in [0.1, 0.15) is 29.3 Å². The molecule has 1 aliphatic carbocycles. The molecule has 1 aromatic rings. The van der Waals surface area contributed by atoms with Crippen molar-refractivity contribution in [2.75, 3.05) is 0 Å². The molecular weight excluding hydrogens is 220 g/mol. The Balaban J connectivity index is 2.32. The van der Waals surface area contributed by atoms with E-state index in [9.17, 15) is 4.79 Å². The Bertz CT molecular complexity index is 470. The van der Waals surface area contributed by atoms with E-state index in [0.29, 0.717) is 17.0 Å². The number of hydrogen-bond donors (Lipinski definition) is 0. The molecule has 2 rings (SSSR count). The maximum atomic E-state index is 12.2. The highest BCUT2D eigenvalue weighted by atomic mass is 35.5. The van der Waals surface area contributed by atoms with Crippen LogP contribution in [0, 0.1) is 24.2 Å². The minimum atomic E-state index is 0.00551. The third-order valence-corrected chi connectivity index (χ3v) is 3.56. The Kier molecular flexibility index (Phi) is 3.03. The Morgan fingerprint density at radius 3 is 3.00 bits per heavy atom. The van der Waals surface area contributed by atoms with Gasteiger partial charge in [-0.05, 0) is 24.0 Å². The number of Topliss-reactive ketones (excluding diaryl/α,β-unsaturated/α-hetero) is 1. The van der Waals surface area contributed by atoms with E-state index in [1.54, 1.807) is 6.07 Å². The van der Waals surface area contributed by atoms with Crippen molar-refractivity contribution >= 4 is 17.4 Å². The largest absolute Gasteiger partial charge is 0.294 e. The molecule has 1 nitrogen and oxygen atoms in total. The lowest BCUT2D eigenvalue weighted by molar-refractivity contribution is 0.0901. The number of rotatable bonds is 2. The van der Waals surface area contributed by atoms with E-state index < -0.39 is 0 Å². The van der Waals surface area contributed by atoms with Gasteiger partial charge in [0.15, 0.2) is 5.78 Å². The molecule has 1 aliphatic rings. The molecule has 0 aromatic heterocycles. The van der Waals surface area contributed by atoms with Crippen LogP contribution < -0.4 is 0 Å². The lowest BCUT2D eigenvalue weighted by Crippen LogP contribution is -2.18. The lowest BCUT2D eigenvalue weighted by atomic mass is 9.88. The summed E-state index contributed by atoms with van der Waals surface area (Å²) in [4.78, 5) is 12.2. The second kappa shape index (κ2) is 4.31. The van der Waals surface area contributed by atoms with Crippen molar-refractivity contribution in [1.82, 2.24) is 0 Å². The fourth-order valence-corrected chi connectivity index (χ4v) is 2.60. The number of benzene rings is 1. The molecule has 0 spiro atoms. The molecule has 16 heavy (non-hydrogen) atoms. The smallest absolute Gasteiger partial charge is 0.168 e. The van der Waals surface area contributed by atoms with E-state index in [-0.39, 0.29) is 17.6 Å². The van der Waals surface area contributed by atoms with Crippen molar-refractivity contribution < 1.29 is 4.79 Å². The van der Waals surface area contributed by atoms with Gasteiger partial charge >= 0.3 is 0 Å². The minimum absolute atomic E-state index is 0.00551. The van der Waals surface area contributed by atoms with Gasteiger partial charge < -0.3 is 0 Å². The van der Waals surface area contributed by atoms with Gasteiger partial charge in [-0.15, -0.1) is 12.3 Å².